The zero-order chi connectivity index (χ0) is 19.0. The molecular formula is C22H19FN4. The quantitative estimate of drug-likeness (QED) is 0.524. The third-order valence-corrected chi connectivity index (χ3v) is 4.52. The van der Waals surface area contributed by atoms with Crippen molar-refractivity contribution < 1.29 is 4.39 Å². The lowest BCUT2D eigenvalue weighted by atomic mass is 10.0. The summed E-state index contributed by atoms with van der Waals surface area (Å²) >= 11 is 0. The van der Waals surface area contributed by atoms with Crippen LogP contribution in [-0.2, 0) is 0 Å². The summed E-state index contributed by atoms with van der Waals surface area (Å²) in [6.45, 7) is 1.77. The standard InChI is InChI=1S/C22H19FN4/c1-14-6-4-8-17(20(14)23)15-9-10-19-18(12-15)22(27(2)3)26-21(25-19)16-7-5-11-24-13-16/h4-13H,1-3H3. The molecule has 0 N–H and O–H groups in total. The van der Waals surface area contributed by atoms with Crippen molar-refractivity contribution in [1.29, 1.82) is 0 Å². The van der Waals surface area contributed by atoms with Crippen LogP contribution in [-0.4, -0.2) is 29.0 Å². The highest BCUT2D eigenvalue weighted by Crippen LogP contribution is 2.32. The number of aryl methyl sites for hydroxylation is 1. The predicted molar refractivity (Wildman–Crippen MR) is 107 cm³/mol. The van der Waals surface area contributed by atoms with E-state index < -0.39 is 0 Å². The van der Waals surface area contributed by atoms with Gasteiger partial charge < -0.3 is 4.90 Å². The number of hydrogen-bond donors (Lipinski definition) is 0. The van der Waals surface area contributed by atoms with E-state index in [0.717, 1.165) is 27.8 Å². The Morgan fingerprint density at radius 3 is 2.52 bits per heavy atom. The summed E-state index contributed by atoms with van der Waals surface area (Å²) in [4.78, 5) is 15.5. The molecule has 134 valence electrons. The first-order valence-electron chi connectivity index (χ1n) is 8.69. The topological polar surface area (TPSA) is 41.9 Å². The Kier molecular flexibility index (Phi) is 4.28. The van der Waals surface area contributed by atoms with Gasteiger partial charge in [0.05, 0.1) is 5.52 Å². The number of fused-ring (bicyclic) bond motifs is 1. The SMILES string of the molecule is Cc1cccc(-c2ccc3nc(-c4cccnc4)nc(N(C)C)c3c2)c1F. The summed E-state index contributed by atoms with van der Waals surface area (Å²) in [5, 5.41) is 0.881. The van der Waals surface area contributed by atoms with Gasteiger partial charge in [-0.15, -0.1) is 0 Å². The number of halogens is 1. The molecule has 5 heteroatoms. The van der Waals surface area contributed by atoms with Crippen LogP contribution in [0.5, 0.6) is 0 Å². The lowest BCUT2D eigenvalue weighted by molar-refractivity contribution is 0.622. The minimum atomic E-state index is -0.198. The molecule has 2 aromatic heterocycles. The van der Waals surface area contributed by atoms with Gasteiger partial charge in [-0.05, 0) is 42.3 Å². The van der Waals surface area contributed by atoms with Gasteiger partial charge in [0.2, 0.25) is 0 Å². The summed E-state index contributed by atoms with van der Waals surface area (Å²) in [7, 11) is 3.88. The largest absolute Gasteiger partial charge is 0.362 e. The molecule has 0 aliphatic heterocycles. The van der Waals surface area contributed by atoms with Crippen molar-refractivity contribution in [1.82, 2.24) is 15.0 Å². The molecule has 0 bridgehead atoms. The van der Waals surface area contributed by atoms with E-state index in [4.69, 9.17) is 9.97 Å². The Balaban J connectivity index is 1.94. The van der Waals surface area contributed by atoms with E-state index in [1.54, 1.807) is 31.5 Å². The monoisotopic (exact) mass is 358 g/mol. The molecular weight excluding hydrogens is 339 g/mol. The molecule has 0 fully saturated rings. The van der Waals surface area contributed by atoms with E-state index in [1.165, 1.54) is 0 Å². The molecule has 27 heavy (non-hydrogen) atoms. The van der Waals surface area contributed by atoms with Gasteiger partial charge in [-0.1, -0.05) is 24.3 Å². The number of anilines is 1. The van der Waals surface area contributed by atoms with Crippen molar-refractivity contribution in [2.75, 3.05) is 19.0 Å². The molecule has 0 unspecified atom stereocenters. The molecule has 2 heterocycles. The molecule has 4 rings (SSSR count). The second-order valence-corrected chi connectivity index (χ2v) is 6.68. The Labute approximate surface area is 157 Å². The van der Waals surface area contributed by atoms with Gasteiger partial charge >= 0.3 is 0 Å². The van der Waals surface area contributed by atoms with Crippen molar-refractivity contribution in [3.63, 3.8) is 0 Å². The molecule has 0 aliphatic carbocycles. The van der Waals surface area contributed by atoms with E-state index in [1.807, 2.05) is 55.4 Å². The molecule has 2 aromatic carbocycles. The maximum absolute atomic E-state index is 14.6. The second kappa shape index (κ2) is 6.76. The van der Waals surface area contributed by atoms with Crippen LogP contribution in [0.4, 0.5) is 10.2 Å². The lowest BCUT2D eigenvalue weighted by Gasteiger charge is -2.16. The molecule has 4 aromatic rings. The van der Waals surface area contributed by atoms with E-state index >= 15 is 0 Å². The molecule has 4 nitrogen and oxygen atoms in total. The normalized spacial score (nSPS) is 11.0. The average molecular weight is 358 g/mol. The predicted octanol–water partition coefficient (Wildman–Crippen LogP) is 4.87. The van der Waals surface area contributed by atoms with Crippen molar-refractivity contribution in [2.45, 2.75) is 6.92 Å². The lowest BCUT2D eigenvalue weighted by Crippen LogP contribution is -2.12. The smallest absolute Gasteiger partial charge is 0.163 e. The van der Waals surface area contributed by atoms with Crippen LogP contribution >= 0.6 is 0 Å². The highest BCUT2D eigenvalue weighted by atomic mass is 19.1. The third kappa shape index (κ3) is 3.12. The summed E-state index contributed by atoms with van der Waals surface area (Å²) in [5.74, 6) is 1.21. The second-order valence-electron chi connectivity index (χ2n) is 6.68. The highest BCUT2D eigenvalue weighted by molar-refractivity contribution is 5.94. The van der Waals surface area contributed by atoms with Gasteiger partial charge in [0.15, 0.2) is 5.82 Å². The van der Waals surface area contributed by atoms with Crippen LogP contribution in [0.3, 0.4) is 0 Å². The molecule has 0 aliphatic rings. The number of rotatable bonds is 3. The van der Waals surface area contributed by atoms with Crippen LogP contribution in [0, 0.1) is 12.7 Å². The fraction of sp³-hybridized carbons (Fsp3) is 0.136. The number of hydrogen-bond acceptors (Lipinski definition) is 4. The maximum Gasteiger partial charge on any atom is 0.163 e. The van der Waals surface area contributed by atoms with Crippen LogP contribution in [0.1, 0.15) is 5.56 Å². The fourth-order valence-electron chi connectivity index (χ4n) is 3.12. The number of pyridine rings is 1. The number of aromatic nitrogens is 3. The zero-order valence-corrected chi connectivity index (χ0v) is 15.4. The van der Waals surface area contributed by atoms with Crippen molar-refractivity contribution in [3.8, 4) is 22.5 Å². The fourth-order valence-corrected chi connectivity index (χ4v) is 3.12. The van der Waals surface area contributed by atoms with E-state index in [2.05, 4.69) is 4.98 Å². The molecule has 0 atom stereocenters. The minimum Gasteiger partial charge on any atom is -0.362 e. The molecule has 0 spiro atoms. The summed E-state index contributed by atoms with van der Waals surface area (Å²) in [5.41, 5.74) is 3.69. The molecule has 0 saturated carbocycles. The van der Waals surface area contributed by atoms with E-state index in [9.17, 15) is 4.39 Å². The first kappa shape index (κ1) is 17.1. The Hall–Kier alpha value is -3.34. The highest BCUT2D eigenvalue weighted by Gasteiger charge is 2.14. The van der Waals surface area contributed by atoms with Gasteiger partial charge in [-0.2, -0.15) is 0 Å². The van der Waals surface area contributed by atoms with Crippen molar-refractivity contribution >= 4 is 16.7 Å². The molecule has 0 saturated heterocycles. The number of nitrogens with zero attached hydrogens (tertiary/aromatic N) is 4. The van der Waals surface area contributed by atoms with Gasteiger partial charge in [-0.25, -0.2) is 14.4 Å². The summed E-state index contributed by atoms with van der Waals surface area (Å²) in [6.07, 6.45) is 3.47. The Morgan fingerprint density at radius 2 is 1.78 bits per heavy atom. The van der Waals surface area contributed by atoms with E-state index in [0.29, 0.717) is 17.0 Å². The summed E-state index contributed by atoms with van der Waals surface area (Å²) in [6, 6.07) is 15.0. The molecule has 0 radical (unpaired) electrons. The van der Waals surface area contributed by atoms with Crippen LogP contribution < -0.4 is 4.90 Å². The Morgan fingerprint density at radius 1 is 0.926 bits per heavy atom. The van der Waals surface area contributed by atoms with Crippen molar-refractivity contribution in [2.24, 2.45) is 0 Å². The molecule has 0 amide bonds. The van der Waals surface area contributed by atoms with Crippen molar-refractivity contribution in [3.05, 3.63) is 72.3 Å². The summed E-state index contributed by atoms with van der Waals surface area (Å²) < 4.78 is 14.6. The Bertz CT molecular complexity index is 1120. The maximum atomic E-state index is 14.6. The van der Waals surface area contributed by atoms with Gasteiger partial charge in [0, 0.05) is 43.0 Å². The first-order valence-corrected chi connectivity index (χ1v) is 8.69. The average Bonchev–Trinajstić information content (AvgIpc) is 2.69. The zero-order valence-electron chi connectivity index (χ0n) is 15.4. The van der Waals surface area contributed by atoms with Crippen LogP contribution in [0.15, 0.2) is 60.9 Å². The third-order valence-electron chi connectivity index (χ3n) is 4.52. The van der Waals surface area contributed by atoms with Crippen LogP contribution in [0.2, 0.25) is 0 Å². The minimum absolute atomic E-state index is 0.198. The number of benzene rings is 2. The van der Waals surface area contributed by atoms with Gasteiger partial charge in [-0.3, -0.25) is 4.98 Å². The van der Waals surface area contributed by atoms with Gasteiger partial charge in [0.1, 0.15) is 11.6 Å². The van der Waals surface area contributed by atoms with Gasteiger partial charge in [0.25, 0.3) is 0 Å². The first-order chi connectivity index (χ1) is 13.0. The van der Waals surface area contributed by atoms with Crippen LogP contribution in [0.25, 0.3) is 33.4 Å². The van der Waals surface area contributed by atoms with E-state index in [-0.39, 0.29) is 5.82 Å².